The highest BCUT2D eigenvalue weighted by atomic mass is 14.7. The number of hydrogen-bond acceptors (Lipinski definition) is 1. The zero-order chi connectivity index (χ0) is 8.27. The summed E-state index contributed by atoms with van der Waals surface area (Å²) in [5, 5.41) is 0. The highest BCUT2D eigenvalue weighted by Crippen LogP contribution is 2.27. The largest absolute Gasteiger partial charge is 0.327 e. The first-order valence-electron chi connectivity index (χ1n) is 4.60. The van der Waals surface area contributed by atoms with Gasteiger partial charge in [0, 0.05) is 6.04 Å². The van der Waals surface area contributed by atoms with Gasteiger partial charge in [-0.15, -0.1) is 6.58 Å². The predicted octanol–water partition coefficient (Wildman–Crippen LogP) is 2.47. The second kappa shape index (κ2) is 3.91. The molecular formula is C10H19N. The Labute approximate surface area is 69.7 Å². The SMILES string of the molecule is C=C(C)CC1CCCCC1N. The van der Waals surface area contributed by atoms with Gasteiger partial charge in [-0.25, -0.2) is 0 Å². The van der Waals surface area contributed by atoms with Gasteiger partial charge in [-0.2, -0.15) is 0 Å². The fourth-order valence-corrected chi connectivity index (χ4v) is 1.94. The predicted molar refractivity (Wildman–Crippen MR) is 49.4 cm³/mol. The minimum absolute atomic E-state index is 0.445. The van der Waals surface area contributed by atoms with Gasteiger partial charge in [0.05, 0.1) is 0 Å². The molecule has 0 aromatic carbocycles. The maximum Gasteiger partial charge on any atom is 0.00702 e. The van der Waals surface area contributed by atoms with Crippen molar-refractivity contribution in [3.63, 3.8) is 0 Å². The molecule has 2 N–H and O–H groups in total. The molecule has 11 heavy (non-hydrogen) atoms. The third-order valence-corrected chi connectivity index (χ3v) is 2.58. The Kier molecular flexibility index (Phi) is 3.13. The Morgan fingerprint density at radius 3 is 2.64 bits per heavy atom. The van der Waals surface area contributed by atoms with Crippen molar-refractivity contribution in [1.82, 2.24) is 0 Å². The Balaban J connectivity index is 2.35. The van der Waals surface area contributed by atoms with E-state index in [1.165, 1.54) is 31.3 Å². The van der Waals surface area contributed by atoms with Crippen molar-refractivity contribution in [3.05, 3.63) is 12.2 Å². The van der Waals surface area contributed by atoms with Crippen LogP contribution < -0.4 is 5.73 Å². The second-order valence-corrected chi connectivity index (χ2v) is 3.87. The number of rotatable bonds is 2. The van der Waals surface area contributed by atoms with Crippen LogP contribution in [0, 0.1) is 5.92 Å². The molecule has 0 aliphatic heterocycles. The van der Waals surface area contributed by atoms with E-state index in [1.54, 1.807) is 0 Å². The lowest BCUT2D eigenvalue weighted by atomic mass is 9.81. The van der Waals surface area contributed by atoms with Crippen molar-refractivity contribution in [3.8, 4) is 0 Å². The smallest absolute Gasteiger partial charge is 0.00702 e. The molecule has 0 spiro atoms. The van der Waals surface area contributed by atoms with Gasteiger partial charge in [0.1, 0.15) is 0 Å². The molecule has 0 saturated heterocycles. The van der Waals surface area contributed by atoms with Crippen molar-refractivity contribution in [2.24, 2.45) is 11.7 Å². The molecule has 0 radical (unpaired) electrons. The minimum atomic E-state index is 0.445. The Bertz CT molecular complexity index is 140. The number of nitrogens with two attached hydrogens (primary N) is 1. The third kappa shape index (κ3) is 2.66. The first-order chi connectivity index (χ1) is 5.20. The maximum absolute atomic E-state index is 5.99. The standard InChI is InChI=1S/C10H19N/c1-8(2)7-9-5-3-4-6-10(9)11/h9-10H,1,3-7,11H2,2H3. The summed E-state index contributed by atoms with van der Waals surface area (Å²) in [6.07, 6.45) is 6.37. The van der Waals surface area contributed by atoms with Crippen LogP contribution in [0.5, 0.6) is 0 Å². The summed E-state index contributed by atoms with van der Waals surface area (Å²) >= 11 is 0. The lowest BCUT2D eigenvalue weighted by Gasteiger charge is -2.28. The Hall–Kier alpha value is -0.300. The first-order valence-corrected chi connectivity index (χ1v) is 4.60. The van der Waals surface area contributed by atoms with Crippen molar-refractivity contribution in [2.75, 3.05) is 0 Å². The van der Waals surface area contributed by atoms with Crippen LogP contribution in [0.15, 0.2) is 12.2 Å². The monoisotopic (exact) mass is 153 g/mol. The van der Waals surface area contributed by atoms with Crippen LogP contribution >= 0.6 is 0 Å². The Morgan fingerprint density at radius 1 is 1.45 bits per heavy atom. The summed E-state index contributed by atoms with van der Waals surface area (Å²) < 4.78 is 0. The van der Waals surface area contributed by atoms with Gasteiger partial charge < -0.3 is 5.73 Å². The van der Waals surface area contributed by atoms with Crippen molar-refractivity contribution in [2.45, 2.75) is 45.1 Å². The van der Waals surface area contributed by atoms with Crippen molar-refractivity contribution in [1.29, 1.82) is 0 Å². The van der Waals surface area contributed by atoms with E-state index >= 15 is 0 Å². The molecule has 0 aromatic rings. The van der Waals surface area contributed by atoms with Gasteiger partial charge in [-0.05, 0) is 32.1 Å². The summed E-state index contributed by atoms with van der Waals surface area (Å²) in [5.74, 6) is 0.723. The average molecular weight is 153 g/mol. The Morgan fingerprint density at radius 2 is 2.09 bits per heavy atom. The molecule has 1 aliphatic rings. The zero-order valence-corrected chi connectivity index (χ0v) is 7.47. The van der Waals surface area contributed by atoms with E-state index < -0.39 is 0 Å². The number of hydrogen-bond donors (Lipinski definition) is 1. The summed E-state index contributed by atoms with van der Waals surface area (Å²) in [6.45, 7) is 6.03. The topological polar surface area (TPSA) is 26.0 Å². The number of allylic oxidation sites excluding steroid dienone is 1. The molecule has 1 rings (SSSR count). The van der Waals surface area contributed by atoms with E-state index in [0.717, 1.165) is 12.3 Å². The third-order valence-electron chi connectivity index (χ3n) is 2.58. The van der Waals surface area contributed by atoms with Crippen LogP contribution in [0.4, 0.5) is 0 Å². The lowest BCUT2D eigenvalue weighted by molar-refractivity contribution is 0.306. The quantitative estimate of drug-likeness (QED) is 0.606. The molecule has 1 aliphatic carbocycles. The summed E-state index contributed by atoms with van der Waals surface area (Å²) in [5.41, 5.74) is 7.27. The molecule has 0 heterocycles. The summed E-state index contributed by atoms with van der Waals surface area (Å²) in [7, 11) is 0. The molecule has 0 bridgehead atoms. The average Bonchev–Trinajstić information content (AvgIpc) is 1.93. The summed E-state index contributed by atoms with van der Waals surface area (Å²) in [6, 6.07) is 0.445. The van der Waals surface area contributed by atoms with Crippen LogP contribution in [0.25, 0.3) is 0 Å². The van der Waals surface area contributed by atoms with Crippen LogP contribution in [0.2, 0.25) is 0 Å². The van der Waals surface area contributed by atoms with Gasteiger partial charge in [0.25, 0.3) is 0 Å². The van der Waals surface area contributed by atoms with Crippen molar-refractivity contribution >= 4 is 0 Å². The molecule has 1 nitrogen and oxygen atoms in total. The molecular weight excluding hydrogens is 134 g/mol. The van der Waals surface area contributed by atoms with Gasteiger partial charge in [0.15, 0.2) is 0 Å². The zero-order valence-electron chi connectivity index (χ0n) is 7.47. The van der Waals surface area contributed by atoms with E-state index in [-0.39, 0.29) is 0 Å². The molecule has 2 atom stereocenters. The highest BCUT2D eigenvalue weighted by Gasteiger charge is 2.20. The molecule has 0 amide bonds. The highest BCUT2D eigenvalue weighted by molar-refractivity contribution is 4.94. The molecule has 0 aromatic heterocycles. The van der Waals surface area contributed by atoms with Crippen molar-refractivity contribution < 1.29 is 0 Å². The molecule has 1 fully saturated rings. The molecule has 64 valence electrons. The molecule has 1 saturated carbocycles. The fourth-order valence-electron chi connectivity index (χ4n) is 1.94. The van der Waals surface area contributed by atoms with Crippen LogP contribution in [-0.4, -0.2) is 6.04 Å². The van der Waals surface area contributed by atoms with E-state index in [0.29, 0.717) is 6.04 Å². The van der Waals surface area contributed by atoms with Gasteiger partial charge in [0.2, 0.25) is 0 Å². The first kappa shape index (κ1) is 8.79. The van der Waals surface area contributed by atoms with E-state index in [4.69, 9.17) is 5.73 Å². The van der Waals surface area contributed by atoms with E-state index in [9.17, 15) is 0 Å². The fraction of sp³-hybridized carbons (Fsp3) is 0.800. The minimum Gasteiger partial charge on any atom is -0.327 e. The van der Waals surface area contributed by atoms with E-state index in [2.05, 4.69) is 13.5 Å². The van der Waals surface area contributed by atoms with Gasteiger partial charge >= 0.3 is 0 Å². The summed E-state index contributed by atoms with van der Waals surface area (Å²) in [4.78, 5) is 0. The lowest BCUT2D eigenvalue weighted by Crippen LogP contribution is -2.32. The van der Waals surface area contributed by atoms with Crippen LogP contribution in [0.1, 0.15) is 39.0 Å². The van der Waals surface area contributed by atoms with E-state index in [1.807, 2.05) is 0 Å². The normalized spacial score (nSPS) is 31.8. The van der Waals surface area contributed by atoms with Crippen LogP contribution in [0.3, 0.4) is 0 Å². The van der Waals surface area contributed by atoms with Gasteiger partial charge in [-0.1, -0.05) is 18.4 Å². The van der Waals surface area contributed by atoms with Crippen LogP contribution in [-0.2, 0) is 0 Å². The second-order valence-electron chi connectivity index (χ2n) is 3.87. The molecule has 1 heteroatoms. The van der Waals surface area contributed by atoms with Gasteiger partial charge in [-0.3, -0.25) is 0 Å². The molecule has 2 unspecified atom stereocenters. The maximum atomic E-state index is 5.99.